The van der Waals surface area contributed by atoms with E-state index in [1.165, 1.54) is 28.8 Å². The Morgan fingerprint density at radius 2 is 1.39 bits per heavy atom. The summed E-state index contributed by atoms with van der Waals surface area (Å²) in [5, 5.41) is 0.850. The Morgan fingerprint density at radius 3 is 1.95 bits per heavy atom. The van der Waals surface area contributed by atoms with Gasteiger partial charge in [0.2, 0.25) is 0 Å². The molecular weight excluding hydrogens is 554 g/mol. The van der Waals surface area contributed by atoms with Crippen LogP contribution in [0.4, 0.5) is 10.2 Å². The van der Waals surface area contributed by atoms with Gasteiger partial charge in [-0.3, -0.25) is 9.36 Å². The van der Waals surface area contributed by atoms with E-state index in [0.717, 1.165) is 23.5 Å². The van der Waals surface area contributed by atoms with Gasteiger partial charge in [0.05, 0.1) is 19.2 Å². The summed E-state index contributed by atoms with van der Waals surface area (Å²) in [7, 11) is -3.43. The maximum Gasteiger partial charge on any atom is 0.343 e. The molecule has 0 bridgehead atoms. The van der Waals surface area contributed by atoms with E-state index in [4.69, 9.17) is 27.9 Å². The fraction of sp³-hybridized carbons (Fsp3) is 0.111. The number of halogens is 3. The molecule has 0 radical (unpaired) electrons. The highest BCUT2D eigenvalue weighted by atomic mass is 35.5. The number of carbonyl (C=O) groups excluding carboxylic acids is 1. The van der Waals surface area contributed by atoms with Crippen LogP contribution < -0.4 is 9.86 Å². The number of nitrogens with zero attached hydrogens (tertiary/aromatic N) is 2. The highest BCUT2D eigenvalue weighted by molar-refractivity contribution is 7.92. The number of hydrogen-bond acceptors (Lipinski definition) is 5. The van der Waals surface area contributed by atoms with Crippen molar-refractivity contribution in [2.24, 2.45) is 0 Å². The fourth-order valence-electron chi connectivity index (χ4n) is 4.67. The van der Waals surface area contributed by atoms with E-state index in [0.29, 0.717) is 21.2 Å². The van der Waals surface area contributed by atoms with Gasteiger partial charge in [-0.2, -0.15) is 0 Å². The first-order chi connectivity index (χ1) is 18.1. The number of rotatable bonds is 5. The molecule has 2 atom stereocenters. The third kappa shape index (κ3) is 4.26. The standard InChI is InChI=1S/C27H19Cl2FN2O5S/c1-37-27(34)20-14-15-23-31(26(20)33)24(16-6-10-18(28)11-7-16)25(17-8-12-19(29)13-9-17)32(23)38(35,36)22-5-3-2-4-21(22)30/h2-15,24-25H,1H3. The van der Waals surface area contributed by atoms with Gasteiger partial charge in [0.1, 0.15) is 22.1 Å². The van der Waals surface area contributed by atoms with Crippen LogP contribution in [0.3, 0.4) is 0 Å². The number of esters is 1. The number of methoxy groups -OCH3 is 1. The lowest BCUT2D eigenvalue weighted by Gasteiger charge is -2.29. The van der Waals surface area contributed by atoms with Crippen molar-refractivity contribution in [3.63, 3.8) is 0 Å². The van der Waals surface area contributed by atoms with Gasteiger partial charge >= 0.3 is 5.97 Å². The number of anilines is 1. The minimum atomic E-state index is -4.57. The molecule has 11 heteroatoms. The first kappa shape index (κ1) is 26.0. The molecule has 3 aromatic carbocycles. The van der Waals surface area contributed by atoms with E-state index < -0.39 is 44.3 Å². The van der Waals surface area contributed by atoms with E-state index in [1.54, 1.807) is 48.5 Å². The molecule has 38 heavy (non-hydrogen) atoms. The second-order valence-electron chi connectivity index (χ2n) is 8.50. The van der Waals surface area contributed by atoms with Crippen molar-refractivity contribution in [2.75, 3.05) is 11.4 Å². The van der Waals surface area contributed by atoms with Gasteiger partial charge in [-0.05, 0) is 59.7 Å². The highest BCUT2D eigenvalue weighted by Crippen LogP contribution is 2.49. The monoisotopic (exact) mass is 572 g/mol. The number of benzene rings is 3. The SMILES string of the molecule is COC(=O)c1ccc2n(c1=O)C(c1ccc(Cl)cc1)C(c1ccc(Cl)cc1)N2S(=O)(=O)c1ccccc1F. The van der Waals surface area contributed by atoms with Gasteiger partial charge < -0.3 is 4.74 Å². The Balaban J connectivity index is 1.87. The first-order valence-corrected chi connectivity index (χ1v) is 13.5. The lowest BCUT2D eigenvalue weighted by Crippen LogP contribution is -2.34. The molecule has 0 amide bonds. The van der Waals surface area contributed by atoms with Crippen molar-refractivity contribution in [1.29, 1.82) is 0 Å². The summed E-state index contributed by atoms with van der Waals surface area (Å²) in [4.78, 5) is 25.6. The summed E-state index contributed by atoms with van der Waals surface area (Å²) in [6.45, 7) is 0. The molecule has 194 valence electrons. The van der Waals surface area contributed by atoms with Gasteiger partial charge in [-0.25, -0.2) is 21.9 Å². The van der Waals surface area contributed by atoms with E-state index in [-0.39, 0.29) is 11.4 Å². The maximum atomic E-state index is 14.9. The Labute approximate surface area is 227 Å². The molecule has 0 N–H and O–H groups in total. The zero-order chi connectivity index (χ0) is 27.2. The molecule has 5 rings (SSSR count). The Hall–Kier alpha value is -3.66. The van der Waals surface area contributed by atoms with Crippen molar-refractivity contribution in [3.05, 3.63) is 128 Å². The molecule has 4 aromatic rings. The summed E-state index contributed by atoms with van der Waals surface area (Å²) in [5.74, 6) is -1.87. The topological polar surface area (TPSA) is 85.7 Å². The van der Waals surface area contributed by atoms with Gasteiger partial charge in [0.15, 0.2) is 0 Å². The van der Waals surface area contributed by atoms with E-state index >= 15 is 0 Å². The van der Waals surface area contributed by atoms with Crippen molar-refractivity contribution in [3.8, 4) is 0 Å². The average Bonchev–Trinajstić information content (AvgIpc) is 3.26. The third-order valence-electron chi connectivity index (χ3n) is 6.35. The Bertz CT molecular complexity index is 1710. The second kappa shape index (κ2) is 9.90. The number of pyridine rings is 1. The van der Waals surface area contributed by atoms with Gasteiger partial charge in [0, 0.05) is 10.0 Å². The molecule has 1 aliphatic heterocycles. The van der Waals surface area contributed by atoms with Gasteiger partial charge in [-0.15, -0.1) is 0 Å². The van der Waals surface area contributed by atoms with Crippen molar-refractivity contribution in [1.82, 2.24) is 4.57 Å². The Morgan fingerprint density at radius 1 is 0.842 bits per heavy atom. The summed E-state index contributed by atoms with van der Waals surface area (Å²) >= 11 is 12.2. The molecule has 0 spiro atoms. The van der Waals surface area contributed by atoms with E-state index in [1.807, 2.05) is 0 Å². The van der Waals surface area contributed by atoms with Crippen LogP contribution in [0, 0.1) is 5.82 Å². The average molecular weight is 573 g/mol. The van der Waals surface area contributed by atoms with Crippen molar-refractivity contribution >= 4 is 45.0 Å². The van der Waals surface area contributed by atoms with Crippen molar-refractivity contribution in [2.45, 2.75) is 17.0 Å². The van der Waals surface area contributed by atoms with Crippen LogP contribution in [0.5, 0.6) is 0 Å². The van der Waals surface area contributed by atoms with Crippen LogP contribution >= 0.6 is 23.2 Å². The number of carbonyl (C=O) groups is 1. The number of ether oxygens (including phenoxy) is 1. The fourth-order valence-corrected chi connectivity index (χ4v) is 6.63. The molecule has 0 aliphatic carbocycles. The lowest BCUT2D eigenvalue weighted by atomic mass is 9.94. The van der Waals surface area contributed by atoms with Crippen LogP contribution in [0.25, 0.3) is 0 Å². The molecule has 0 saturated carbocycles. The predicted molar refractivity (Wildman–Crippen MR) is 142 cm³/mol. The maximum absolute atomic E-state index is 14.9. The zero-order valence-electron chi connectivity index (χ0n) is 19.7. The molecule has 7 nitrogen and oxygen atoms in total. The summed E-state index contributed by atoms with van der Waals surface area (Å²) in [6.07, 6.45) is 0. The van der Waals surface area contributed by atoms with E-state index in [9.17, 15) is 22.4 Å². The van der Waals surface area contributed by atoms with Crippen LogP contribution in [0.2, 0.25) is 10.0 Å². The Kier molecular flexibility index (Phi) is 6.77. The zero-order valence-corrected chi connectivity index (χ0v) is 22.0. The van der Waals surface area contributed by atoms with Crippen LogP contribution in [-0.4, -0.2) is 26.1 Å². The van der Waals surface area contributed by atoms with Crippen LogP contribution in [-0.2, 0) is 14.8 Å². The quantitative estimate of drug-likeness (QED) is 0.290. The molecule has 0 saturated heterocycles. The number of sulfonamides is 1. The highest BCUT2D eigenvalue weighted by Gasteiger charge is 2.48. The largest absolute Gasteiger partial charge is 0.465 e. The minimum Gasteiger partial charge on any atom is -0.465 e. The van der Waals surface area contributed by atoms with E-state index in [2.05, 4.69) is 0 Å². The third-order valence-corrected chi connectivity index (χ3v) is 8.68. The summed E-state index contributed by atoms with van der Waals surface area (Å²) < 4.78 is 50.1. The van der Waals surface area contributed by atoms with Gasteiger partial charge in [0.25, 0.3) is 15.6 Å². The molecule has 0 fully saturated rings. The first-order valence-electron chi connectivity index (χ1n) is 11.3. The number of fused-ring (bicyclic) bond motifs is 1. The molecule has 2 heterocycles. The van der Waals surface area contributed by atoms with Crippen LogP contribution in [0.15, 0.2) is 94.6 Å². The minimum absolute atomic E-state index is 0.0502. The number of aromatic nitrogens is 1. The van der Waals surface area contributed by atoms with Gasteiger partial charge in [-0.1, -0.05) is 59.6 Å². The molecule has 2 unspecified atom stereocenters. The molecular formula is C27H19Cl2FN2O5S. The normalized spacial score (nSPS) is 16.8. The smallest absolute Gasteiger partial charge is 0.343 e. The summed E-state index contributed by atoms with van der Waals surface area (Å²) in [5.41, 5.74) is -0.0300. The van der Waals surface area contributed by atoms with Crippen molar-refractivity contribution < 1.29 is 22.3 Å². The number of hydrogen-bond donors (Lipinski definition) is 0. The lowest BCUT2D eigenvalue weighted by molar-refractivity contribution is 0.0598. The molecule has 1 aliphatic rings. The molecule has 1 aromatic heterocycles. The summed E-state index contributed by atoms with van der Waals surface area (Å²) in [6, 6.07) is 18.5. The second-order valence-corrected chi connectivity index (χ2v) is 11.2. The predicted octanol–water partition coefficient (Wildman–Crippen LogP) is 5.62. The van der Waals surface area contributed by atoms with Crippen LogP contribution in [0.1, 0.15) is 33.6 Å².